The lowest BCUT2D eigenvalue weighted by Crippen LogP contribution is -2.47. The number of pyridine rings is 1. The maximum absolute atomic E-state index is 12.7. The number of carbonyl (C=O) groups is 2. The molecular formula is C20H22N4O4. The molecule has 0 saturated carbocycles. The molecule has 2 aliphatic rings. The fourth-order valence-electron chi connectivity index (χ4n) is 3.20. The molecule has 1 N–H and O–H groups in total. The van der Waals surface area contributed by atoms with E-state index in [1.54, 1.807) is 17.0 Å². The highest BCUT2D eigenvalue weighted by Gasteiger charge is 2.22. The lowest BCUT2D eigenvalue weighted by atomic mass is 10.1. The number of aromatic nitrogens is 1. The zero-order valence-corrected chi connectivity index (χ0v) is 15.7. The number of hydrogen-bond donors (Lipinski definition) is 1. The molecule has 28 heavy (non-hydrogen) atoms. The second-order valence-corrected chi connectivity index (χ2v) is 6.90. The number of benzene rings is 1. The van der Waals surface area contributed by atoms with Gasteiger partial charge in [-0.25, -0.2) is 0 Å². The van der Waals surface area contributed by atoms with Crippen LogP contribution in [0.3, 0.4) is 0 Å². The van der Waals surface area contributed by atoms with Gasteiger partial charge in [-0.05, 0) is 36.9 Å². The Labute approximate surface area is 163 Å². The fraction of sp³-hybridized carbons (Fsp3) is 0.350. The van der Waals surface area contributed by atoms with E-state index in [1.807, 2.05) is 25.2 Å². The van der Waals surface area contributed by atoms with E-state index in [0.717, 1.165) is 18.7 Å². The number of nitrogens with zero attached hydrogens (tertiary/aromatic N) is 3. The summed E-state index contributed by atoms with van der Waals surface area (Å²) in [5.74, 6) is 0.984. The molecule has 1 aromatic heterocycles. The Balaban J connectivity index is 1.39. The first kappa shape index (κ1) is 18.2. The van der Waals surface area contributed by atoms with Crippen molar-refractivity contribution in [1.29, 1.82) is 0 Å². The molecule has 2 aromatic rings. The van der Waals surface area contributed by atoms with E-state index in [1.165, 1.54) is 6.20 Å². The summed E-state index contributed by atoms with van der Waals surface area (Å²) < 4.78 is 10.6. The number of hydrogen-bond acceptors (Lipinski definition) is 6. The van der Waals surface area contributed by atoms with Crippen LogP contribution in [0.5, 0.6) is 11.5 Å². The van der Waals surface area contributed by atoms with Crippen molar-refractivity contribution in [3.63, 3.8) is 0 Å². The first-order chi connectivity index (χ1) is 13.6. The smallest absolute Gasteiger partial charge is 0.272 e. The van der Waals surface area contributed by atoms with Gasteiger partial charge in [0.2, 0.25) is 6.79 Å². The molecule has 4 rings (SSSR count). The predicted molar refractivity (Wildman–Crippen MR) is 101 cm³/mol. The molecule has 0 atom stereocenters. The van der Waals surface area contributed by atoms with Crippen molar-refractivity contribution in [2.75, 3.05) is 40.0 Å². The molecule has 1 aromatic carbocycles. The average molecular weight is 382 g/mol. The number of nitrogens with one attached hydrogen (secondary N) is 1. The van der Waals surface area contributed by atoms with Crippen LogP contribution in [0.1, 0.15) is 26.4 Å². The predicted octanol–water partition coefficient (Wildman–Crippen LogP) is 1.13. The van der Waals surface area contributed by atoms with Crippen molar-refractivity contribution in [3.05, 3.63) is 53.3 Å². The van der Waals surface area contributed by atoms with Crippen LogP contribution >= 0.6 is 0 Å². The molecule has 1 fully saturated rings. The Hall–Kier alpha value is -3.13. The van der Waals surface area contributed by atoms with Crippen LogP contribution in [0, 0.1) is 0 Å². The Bertz CT molecular complexity index is 894. The molecule has 2 aliphatic heterocycles. The number of rotatable bonds is 4. The van der Waals surface area contributed by atoms with Crippen LogP contribution < -0.4 is 14.8 Å². The molecule has 8 nitrogen and oxygen atoms in total. The third kappa shape index (κ3) is 3.91. The molecule has 2 amide bonds. The van der Waals surface area contributed by atoms with Crippen LogP contribution in [0.2, 0.25) is 0 Å². The Morgan fingerprint density at radius 1 is 1.07 bits per heavy atom. The summed E-state index contributed by atoms with van der Waals surface area (Å²) in [7, 11) is 2.03. The Kier molecular flexibility index (Phi) is 5.12. The van der Waals surface area contributed by atoms with Gasteiger partial charge < -0.3 is 24.6 Å². The number of piperazine rings is 1. The van der Waals surface area contributed by atoms with E-state index >= 15 is 0 Å². The molecule has 0 unspecified atom stereocenters. The van der Waals surface area contributed by atoms with Gasteiger partial charge in [-0.3, -0.25) is 14.6 Å². The molecule has 0 aliphatic carbocycles. The highest BCUT2D eigenvalue weighted by atomic mass is 16.7. The minimum Gasteiger partial charge on any atom is -0.454 e. The van der Waals surface area contributed by atoms with Crippen LogP contribution in [-0.4, -0.2) is 66.6 Å². The van der Waals surface area contributed by atoms with Crippen molar-refractivity contribution in [3.8, 4) is 11.5 Å². The maximum Gasteiger partial charge on any atom is 0.272 e. The van der Waals surface area contributed by atoms with E-state index in [-0.39, 0.29) is 18.6 Å². The second kappa shape index (κ2) is 7.85. The number of carbonyl (C=O) groups excluding carboxylic acids is 2. The van der Waals surface area contributed by atoms with Crippen molar-refractivity contribution in [2.45, 2.75) is 6.54 Å². The molecule has 0 radical (unpaired) electrons. The molecular weight excluding hydrogens is 360 g/mol. The monoisotopic (exact) mass is 382 g/mol. The maximum atomic E-state index is 12.7. The van der Waals surface area contributed by atoms with Crippen LogP contribution in [0.4, 0.5) is 0 Å². The lowest BCUT2D eigenvalue weighted by molar-refractivity contribution is 0.0658. The normalized spacial score (nSPS) is 16.1. The lowest BCUT2D eigenvalue weighted by Gasteiger charge is -2.32. The van der Waals surface area contributed by atoms with E-state index in [0.29, 0.717) is 42.4 Å². The molecule has 0 spiro atoms. The topological polar surface area (TPSA) is 84.0 Å². The number of ether oxygens (including phenoxy) is 2. The number of amides is 2. The van der Waals surface area contributed by atoms with Gasteiger partial charge in [-0.15, -0.1) is 0 Å². The number of likely N-dealkylation sites (N-methyl/N-ethyl adjacent to an activating group) is 1. The minimum absolute atomic E-state index is 0.140. The van der Waals surface area contributed by atoms with Crippen molar-refractivity contribution >= 4 is 11.8 Å². The summed E-state index contributed by atoms with van der Waals surface area (Å²) in [6.07, 6.45) is 1.50. The molecule has 3 heterocycles. The summed E-state index contributed by atoms with van der Waals surface area (Å²) >= 11 is 0. The summed E-state index contributed by atoms with van der Waals surface area (Å²) in [5.41, 5.74) is 1.61. The van der Waals surface area contributed by atoms with Crippen LogP contribution in [0.25, 0.3) is 0 Å². The highest BCUT2D eigenvalue weighted by molar-refractivity contribution is 5.98. The van der Waals surface area contributed by atoms with E-state index < -0.39 is 0 Å². The van der Waals surface area contributed by atoms with E-state index in [9.17, 15) is 9.59 Å². The van der Waals surface area contributed by atoms with Crippen molar-refractivity contribution in [1.82, 2.24) is 20.1 Å². The summed E-state index contributed by atoms with van der Waals surface area (Å²) in [6.45, 7) is 3.56. The van der Waals surface area contributed by atoms with Gasteiger partial charge in [-0.2, -0.15) is 0 Å². The van der Waals surface area contributed by atoms with Gasteiger partial charge in [0.1, 0.15) is 5.69 Å². The second-order valence-electron chi connectivity index (χ2n) is 6.90. The quantitative estimate of drug-likeness (QED) is 0.853. The van der Waals surface area contributed by atoms with Gasteiger partial charge in [0.05, 0.1) is 0 Å². The largest absolute Gasteiger partial charge is 0.454 e. The molecule has 8 heteroatoms. The zero-order chi connectivity index (χ0) is 19.5. The molecule has 1 saturated heterocycles. The van der Waals surface area contributed by atoms with Crippen LogP contribution in [-0.2, 0) is 6.54 Å². The zero-order valence-electron chi connectivity index (χ0n) is 15.7. The average Bonchev–Trinajstić information content (AvgIpc) is 3.20. The standard InChI is InChI=1S/C20H22N4O4/c1-23-6-8-24(9-7-23)20(26)16-11-15(4-5-21-16)19(25)22-12-14-2-3-17-18(10-14)28-13-27-17/h2-5,10-11H,6-9,12-13H2,1H3,(H,22,25). The Morgan fingerprint density at radius 2 is 1.86 bits per heavy atom. The SMILES string of the molecule is CN1CCN(C(=O)c2cc(C(=O)NCc3ccc4c(c3)OCO4)ccn2)CC1. The van der Waals surface area contributed by atoms with Gasteiger partial charge in [0, 0.05) is 44.5 Å². The first-order valence-electron chi connectivity index (χ1n) is 9.21. The van der Waals surface area contributed by atoms with Gasteiger partial charge in [0.25, 0.3) is 11.8 Å². The van der Waals surface area contributed by atoms with Gasteiger partial charge >= 0.3 is 0 Å². The number of fused-ring (bicyclic) bond motifs is 1. The van der Waals surface area contributed by atoms with Gasteiger partial charge in [-0.1, -0.05) is 6.07 Å². The minimum atomic E-state index is -0.257. The first-order valence-corrected chi connectivity index (χ1v) is 9.21. The summed E-state index contributed by atoms with van der Waals surface area (Å²) in [6, 6.07) is 8.70. The van der Waals surface area contributed by atoms with Gasteiger partial charge in [0.15, 0.2) is 11.5 Å². The fourth-order valence-corrected chi connectivity index (χ4v) is 3.20. The van der Waals surface area contributed by atoms with Crippen molar-refractivity contribution in [2.24, 2.45) is 0 Å². The third-order valence-electron chi connectivity index (χ3n) is 4.92. The highest BCUT2D eigenvalue weighted by Crippen LogP contribution is 2.32. The van der Waals surface area contributed by atoms with E-state index in [4.69, 9.17) is 9.47 Å². The van der Waals surface area contributed by atoms with E-state index in [2.05, 4.69) is 15.2 Å². The Morgan fingerprint density at radius 3 is 2.68 bits per heavy atom. The van der Waals surface area contributed by atoms with Crippen molar-refractivity contribution < 1.29 is 19.1 Å². The summed E-state index contributed by atoms with van der Waals surface area (Å²) in [4.78, 5) is 33.3. The van der Waals surface area contributed by atoms with Crippen LogP contribution in [0.15, 0.2) is 36.5 Å². The molecule has 0 bridgehead atoms. The molecule has 146 valence electrons. The third-order valence-corrected chi connectivity index (χ3v) is 4.92. The summed E-state index contributed by atoms with van der Waals surface area (Å²) in [5, 5.41) is 2.86.